The third-order valence-corrected chi connectivity index (χ3v) is 5.11. The summed E-state index contributed by atoms with van der Waals surface area (Å²) in [5, 5.41) is 3.35. The van der Waals surface area contributed by atoms with Crippen molar-refractivity contribution in [2.75, 3.05) is 25.6 Å². The number of amides is 2. The van der Waals surface area contributed by atoms with Crippen LogP contribution in [0, 0.1) is 0 Å². The molecular weight excluding hydrogens is 344 g/mol. The number of nitrogens with zero attached hydrogens (tertiary/aromatic N) is 1. The van der Waals surface area contributed by atoms with Crippen molar-refractivity contribution < 1.29 is 23.9 Å². The molecule has 1 aromatic rings. The first-order valence-corrected chi connectivity index (χ1v) is 9.27. The molecule has 8 heteroatoms. The number of hydrogen-bond donors (Lipinski definition) is 1. The Kier molecular flexibility index (Phi) is 6.81. The number of ether oxygens (including phenoxy) is 2. The lowest BCUT2D eigenvalue weighted by Gasteiger charge is -2.25. The van der Waals surface area contributed by atoms with Gasteiger partial charge < -0.3 is 19.7 Å². The first-order chi connectivity index (χ1) is 12.0. The van der Waals surface area contributed by atoms with Crippen molar-refractivity contribution in [2.45, 2.75) is 46.1 Å². The van der Waals surface area contributed by atoms with Gasteiger partial charge in [-0.15, -0.1) is 11.3 Å². The second kappa shape index (κ2) is 8.84. The third kappa shape index (κ3) is 4.50. The van der Waals surface area contributed by atoms with Crippen LogP contribution in [0.1, 0.15) is 53.9 Å². The molecule has 2 heterocycles. The van der Waals surface area contributed by atoms with Crippen molar-refractivity contribution in [1.29, 1.82) is 0 Å². The van der Waals surface area contributed by atoms with Crippen molar-refractivity contribution in [2.24, 2.45) is 0 Å². The average molecular weight is 368 g/mol. The number of fused-ring (bicyclic) bond motifs is 1. The summed E-state index contributed by atoms with van der Waals surface area (Å²) in [5.74, 6) is -0.548. The molecule has 0 saturated heterocycles. The highest BCUT2D eigenvalue weighted by atomic mass is 32.1. The molecule has 0 bridgehead atoms. The van der Waals surface area contributed by atoms with Crippen molar-refractivity contribution >= 4 is 34.3 Å². The van der Waals surface area contributed by atoms with Gasteiger partial charge in [0.15, 0.2) is 0 Å². The highest BCUT2D eigenvalue weighted by Crippen LogP contribution is 2.38. The summed E-state index contributed by atoms with van der Waals surface area (Å²) in [6.07, 6.45) is 2.26. The highest BCUT2D eigenvalue weighted by molar-refractivity contribution is 7.17. The molecule has 0 atom stereocenters. The van der Waals surface area contributed by atoms with Gasteiger partial charge in [0.05, 0.1) is 25.8 Å². The van der Waals surface area contributed by atoms with Gasteiger partial charge in [0.2, 0.25) is 5.91 Å². The number of carbonyl (C=O) groups is 3. The first kappa shape index (κ1) is 19.2. The molecule has 1 aromatic heterocycles. The molecule has 1 aliphatic heterocycles. The first-order valence-electron chi connectivity index (χ1n) is 8.46. The molecule has 1 aliphatic rings. The number of methoxy groups -OCH3 is 1. The van der Waals surface area contributed by atoms with Gasteiger partial charge in [-0.05, 0) is 25.3 Å². The van der Waals surface area contributed by atoms with Crippen LogP contribution in [0.15, 0.2) is 0 Å². The van der Waals surface area contributed by atoms with Crippen molar-refractivity contribution in [1.82, 2.24) is 4.90 Å². The maximum atomic E-state index is 12.4. The fourth-order valence-corrected chi connectivity index (χ4v) is 3.99. The number of carbonyl (C=O) groups excluding carboxylic acids is 3. The summed E-state index contributed by atoms with van der Waals surface area (Å²) in [4.78, 5) is 38.7. The lowest BCUT2D eigenvalue weighted by Crippen LogP contribution is -2.35. The van der Waals surface area contributed by atoms with Crippen LogP contribution in [0.5, 0.6) is 0 Å². The summed E-state index contributed by atoms with van der Waals surface area (Å²) in [5.41, 5.74) is 1.28. The fourth-order valence-electron chi connectivity index (χ4n) is 2.72. The van der Waals surface area contributed by atoms with Crippen molar-refractivity contribution in [3.63, 3.8) is 0 Å². The molecule has 0 fully saturated rings. The monoisotopic (exact) mass is 368 g/mol. The zero-order valence-electron chi connectivity index (χ0n) is 14.8. The zero-order chi connectivity index (χ0) is 18.4. The Bertz CT molecular complexity index is 656. The molecule has 1 N–H and O–H groups in total. The molecule has 0 unspecified atom stereocenters. The number of esters is 1. The van der Waals surface area contributed by atoms with Crippen LogP contribution in [0.25, 0.3) is 0 Å². The maximum absolute atomic E-state index is 12.4. The van der Waals surface area contributed by atoms with Crippen molar-refractivity contribution in [3.05, 3.63) is 16.0 Å². The topological polar surface area (TPSA) is 84.9 Å². The molecule has 138 valence electrons. The van der Waals surface area contributed by atoms with E-state index >= 15 is 0 Å². The normalized spacial score (nSPS) is 13.2. The zero-order valence-corrected chi connectivity index (χ0v) is 15.7. The van der Waals surface area contributed by atoms with Crippen LogP contribution in [-0.2, 0) is 27.2 Å². The largest absolute Gasteiger partial charge is 0.462 e. The van der Waals surface area contributed by atoms with E-state index in [-0.39, 0.29) is 12.5 Å². The Morgan fingerprint density at radius 1 is 1.28 bits per heavy atom. The number of hydrogen-bond acceptors (Lipinski definition) is 6. The highest BCUT2D eigenvalue weighted by Gasteiger charge is 2.31. The van der Waals surface area contributed by atoms with E-state index in [4.69, 9.17) is 9.47 Å². The second-order valence-corrected chi connectivity index (χ2v) is 6.83. The quantitative estimate of drug-likeness (QED) is 0.780. The number of thiophene rings is 1. The van der Waals surface area contributed by atoms with Gasteiger partial charge in [0.25, 0.3) is 0 Å². The average Bonchev–Trinajstić information content (AvgIpc) is 2.96. The number of rotatable bonds is 6. The molecule has 25 heavy (non-hydrogen) atoms. The van der Waals surface area contributed by atoms with E-state index in [0.717, 1.165) is 23.3 Å². The molecule has 0 spiro atoms. The fraction of sp³-hybridized carbons (Fsp3) is 0.588. The predicted octanol–water partition coefficient (Wildman–Crippen LogP) is 3.18. The van der Waals surface area contributed by atoms with E-state index < -0.39 is 12.1 Å². The summed E-state index contributed by atoms with van der Waals surface area (Å²) in [6.45, 7) is 4.86. The number of nitrogens with one attached hydrogen (secondary N) is 1. The van der Waals surface area contributed by atoms with E-state index in [9.17, 15) is 14.4 Å². The van der Waals surface area contributed by atoms with E-state index in [2.05, 4.69) is 5.32 Å². The number of anilines is 1. The Hall–Kier alpha value is -2.09. The second-order valence-electron chi connectivity index (χ2n) is 5.72. The Labute approximate surface area is 151 Å². The minimum absolute atomic E-state index is 0.115. The lowest BCUT2D eigenvalue weighted by atomic mass is 10.0. The van der Waals surface area contributed by atoms with Gasteiger partial charge in [-0.3, -0.25) is 4.79 Å². The Balaban J connectivity index is 2.29. The molecule has 0 aromatic carbocycles. The summed E-state index contributed by atoms with van der Waals surface area (Å²) < 4.78 is 9.93. The van der Waals surface area contributed by atoms with Gasteiger partial charge in [0, 0.05) is 17.8 Å². The summed E-state index contributed by atoms with van der Waals surface area (Å²) in [6, 6.07) is 0. The SMILES string of the molecule is CCCCC(=O)Nc1sc2c(c1C(=O)OCC)CCN(C(=O)OC)C2. The number of unbranched alkanes of at least 4 members (excludes halogenated alkanes) is 1. The lowest BCUT2D eigenvalue weighted by molar-refractivity contribution is -0.116. The molecule has 2 rings (SSSR count). The van der Waals surface area contributed by atoms with E-state index in [1.165, 1.54) is 18.4 Å². The Morgan fingerprint density at radius 2 is 2.04 bits per heavy atom. The third-order valence-electron chi connectivity index (χ3n) is 3.98. The van der Waals surface area contributed by atoms with Crippen LogP contribution in [-0.4, -0.2) is 43.1 Å². The maximum Gasteiger partial charge on any atom is 0.409 e. The minimum Gasteiger partial charge on any atom is -0.462 e. The smallest absolute Gasteiger partial charge is 0.409 e. The van der Waals surface area contributed by atoms with Crippen LogP contribution in [0.2, 0.25) is 0 Å². The van der Waals surface area contributed by atoms with Gasteiger partial charge >= 0.3 is 12.1 Å². The molecule has 0 radical (unpaired) electrons. The summed E-state index contributed by atoms with van der Waals surface area (Å²) in [7, 11) is 1.34. The van der Waals surface area contributed by atoms with Gasteiger partial charge in [-0.25, -0.2) is 9.59 Å². The van der Waals surface area contributed by atoms with E-state index in [1.807, 2.05) is 6.92 Å². The Morgan fingerprint density at radius 3 is 2.68 bits per heavy atom. The summed E-state index contributed by atoms with van der Waals surface area (Å²) >= 11 is 1.33. The van der Waals surface area contributed by atoms with Gasteiger partial charge in [0.1, 0.15) is 5.00 Å². The van der Waals surface area contributed by atoms with E-state index in [1.54, 1.807) is 11.8 Å². The molecule has 0 saturated carbocycles. The molecule has 7 nitrogen and oxygen atoms in total. The van der Waals surface area contributed by atoms with E-state index in [0.29, 0.717) is 36.5 Å². The van der Waals surface area contributed by atoms with Crippen LogP contribution in [0.4, 0.5) is 9.80 Å². The molecule has 2 amide bonds. The van der Waals surface area contributed by atoms with Gasteiger partial charge in [-0.1, -0.05) is 13.3 Å². The molecular formula is C17H24N2O5S. The van der Waals surface area contributed by atoms with Crippen LogP contribution < -0.4 is 5.32 Å². The standard InChI is InChI=1S/C17H24N2O5S/c1-4-6-7-13(20)18-15-14(16(21)24-5-2)11-8-9-19(17(22)23-3)10-12(11)25-15/h4-10H2,1-3H3,(H,18,20). The van der Waals surface area contributed by atoms with Crippen LogP contribution in [0.3, 0.4) is 0 Å². The van der Waals surface area contributed by atoms with Gasteiger partial charge in [-0.2, -0.15) is 0 Å². The predicted molar refractivity (Wildman–Crippen MR) is 94.9 cm³/mol. The van der Waals surface area contributed by atoms with Crippen molar-refractivity contribution in [3.8, 4) is 0 Å². The minimum atomic E-state index is -0.433. The van der Waals surface area contributed by atoms with Crippen LogP contribution >= 0.6 is 11.3 Å². The molecule has 0 aliphatic carbocycles.